The smallest absolute Gasteiger partial charge is 0.410 e. The molecule has 0 spiro atoms. The topological polar surface area (TPSA) is 133 Å². The molecule has 0 saturated carbocycles. The number of pyridine rings is 1. The number of anilines is 2. The van der Waals surface area contributed by atoms with Gasteiger partial charge in [-0.1, -0.05) is 12.1 Å². The molecule has 250 valence electrons. The molecule has 0 bridgehead atoms. The maximum absolute atomic E-state index is 12.9. The van der Waals surface area contributed by atoms with E-state index in [1.807, 2.05) is 56.6 Å². The number of carbonyl (C=O) groups excluding carboxylic acids is 2. The van der Waals surface area contributed by atoms with Crippen molar-refractivity contribution in [3.63, 3.8) is 0 Å². The molecule has 0 unspecified atom stereocenters. The van der Waals surface area contributed by atoms with Crippen molar-refractivity contribution in [2.75, 3.05) is 30.8 Å². The summed E-state index contributed by atoms with van der Waals surface area (Å²) in [5, 5.41) is 12.7. The summed E-state index contributed by atoms with van der Waals surface area (Å²) in [6.45, 7) is 9.11. The SMILES string of the molecule is COc1ccc(Cn2nc(N[C@@H]3CCCN(C(=O)OC(C)(C)C)C3)c3c(Oc4ccc(C(=O)Nc5ncc(C)s5)cc4)ccnc32)cc1. The van der Waals surface area contributed by atoms with Crippen LogP contribution in [0.25, 0.3) is 11.0 Å². The minimum absolute atomic E-state index is 0.0636. The van der Waals surface area contributed by atoms with Gasteiger partial charge >= 0.3 is 6.09 Å². The highest BCUT2D eigenvalue weighted by Crippen LogP contribution is 2.35. The number of piperidine rings is 1. The Hall–Kier alpha value is -5.17. The zero-order valence-electron chi connectivity index (χ0n) is 27.6. The number of ether oxygens (including phenoxy) is 3. The average molecular weight is 670 g/mol. The first kappa shape index (κ1) is 32.8. The summed E-state index contributed by atoms with van der Waals surface area (Å²) in [5.41, 5.74) is 1.57. The predicted molar refractivity (Wildman–Crippen MR) is 185 cm³/mol. The second-order valence-corrected chi connectivity index (χ2v) is 13.9. The normalized spacial score (nSPS) is 14.9. The van der Waals surface area contributed by atoms with Crippen molar-refractivity contribution in [1.29, 1.82) is 0 Å². The lowest BCUT2D eigenvalue weighted by Crippen LogP contribution is -2.47. The molecule has 13 heteroatoms. The zero-order chi connectivity index (χ0) is 33.8. The molecule has 0 aliphatic carbocycles. The molecule has 6 rings (SSSR count). The maximum Gasteiger partial charge on any atom is 0.410 e. The number of benzene rings is 2. The van der Waals surface area contributed by atoms with Gasteiger partial charge in [-0.05, 0) is 82.5 Å². The van der Waals surface area contributed by atoms with Crippen molar-refractivity contribution in [2.24, 2.45) is 0 Å². The van der Waals surface area contributed by atoms with E-state index in [0.717, 1.165) is 29.0 Å². The van der Waals surface area contributed by atoms with Crippen LogP contribution >= 0.6 is 11.3 Å². The first-order chi connectivity index (χ1) is 23.0. The van der Waals surface area contributed by atoms with Gasteiger partial charge in [0.15, 0.2) is 16.6 Å². The van der Waals surface area contributed by atoms with Gasteiger partial charge in [-0.15, -0.1) is 11.3 Å². The van der Waals surface area contributed by atoms with Crippen molar-refractivity contribution in [3.05, 3.63) is 83.0 Å². The molecule has 5 aromatic rings. The second kappa shape index (κ2) is 13.9. The first-order valence-electron chi connectivity index (χ1n) is 15.8. The number of aryl methyl sites for hydroxylation is 1. The number of hydrogen-bond acceptors (Lipinski definition) is 10. The van der Waals surface area contributed by atoms with Crippen LogP contribution in [0.2, 0.25) is 0 Å². The Bertz CT molecular complexity index is 1900. The van der Waals surface area contributed by atoms with E-state index in [1.54, 1.807) is 54.7 Å². The minimum Gasteiger partial charge on any atom is -0.497 e. The Balaban J connectivity index is 1.27. The number of aromatic nitrogens is 4. The van der Waals surface area contributed by atoms with Crippen LogP contribution in [0, 0.1) is 6.92 Å². The summed E-state index contributed by atoms with van der Waals surface area (Å²) >= 11 is 1.42. The lowest BCUT2D eigenvalue weighted by molar-refractivity contribution is 0.0206. The molecule has 0 radical (unpaired) electrons. The van der Waals surface area contributed by atoms with E-state index in [9.17, 15) is 9.59 Å². The van der Waals surface area contributed by atoms with E-state index in [1.165, 1.54) is 11.3 Å². The molecule has 3 aromatic heterocycles. The third-order valence-corrected chi connectivity index (χ3v) is 8.51. The third kappa shape index (κ3) is 7.85. The van der Waals surface area contributed by atoms with Crippen LogP contribution in [0.3, 0.4) is 0 Å². The fraction of sp³-hybridized carbons (Fsp3) is 0.343. The van der Waals surface area contributed by atoms with E-state index in [4.69, 9.17) is 24.3 Å². The number of thiazole rings is 1. The molecule has 2 aromatic carbocycles. The van der Waals surface area contributed by atoms with Crippen LogP contribution in [0.15, 0.2) is 67.0 Å². The Kier molecular flexibility index (Phi) is 9.49. The van der Waals surface area contributed by atoms with Gasteiger partial charge in [0.05, 0.1) is 13.7 Å². The zero-order valence-corrected chi connectivity index (χ0v) is 28.5. The van der Waals surface area contributed by atoms with E-state index in [-0.39, 0.29) is 18.0 Å². The highest BCUT2D eigenvalue weighted by molar-refractivity contribution is 7.15. The summed E-state index contributed by atoms with van der Waals surface area (Å²) < 4.78 is 19.2. The largest absolute Gasteiger partial charge is 0.497 e. The lowest BCUT2D eigenvalue weighted by atomic mass is 10.1. The van der Waals surface area contributed by atoms with Crippen LogP contribution in [0.4, 0.5) is 15.7 Å². The molecule has 2 amide bonds. The number of carbonyl (C=O) groups is 2. The molecule has 1 aliphatic heterocycles. The number of amides is 2. The van der Waals surface area contributed by atoms with Crippen LogP contribution < -0.4 is 20.1 Å². The second-order valence-electron chi connectivity index (χ2n) is 12.6. The summed E-state index contributed by atoms with van der Waals surface area (Å²) in [7, 11) is 1.64. The lowest BCUT2D eigenvalue weighted by Gasteiger charge is -2.34. The van der Waals surface area contributed by atoms with Gasteiger partial charge in [0.2, 0.25) is 0 Å². The van der Waals surface area contributed by atoms with Gasteiger partial charge < -0.3 is 24.4 Å². The van der Waals surface area contributed by atoms with Crippen LogP contribution in [-0.4, -0.2) is 68.5 Å². The maximum atomic E-state index is 12.9. The van der Waals surface area contributed by atoms with E-state index in [0.29, 0.717) is 58.7 Å². The number of hydrogen-bond donors (Lipinski definition) is 2. The molecule has 1 saturated heterocycles. The summed E-state index contributed by atoms with van der Waals surface area (Å²) in [5.74, 6) is 2.23. The molecule has 1 atom stereocenters. The Morgan fingerprint density at radius 1 is 1.02 bits per heavy atom. The Morgan fingerprint density at radius 3 is 2.46 bits per heavy atom. The number of nitrogens with one attached hydrogen (secondary N) is 2. The Labute approximate surface area is 283 Å². The molecule has 12 nitrogen and oxygen atoms in total. The minimum atomic E-state index is -0.575. The third-order valence-electron chi connectivity index (χ3n) is 7.69. The quantitative estimate of drug-likeness (QED) is 0.169. The molecular weight excluding hydrogens is 630 g/mol. The van der Waals surface area contributed by atoms with Crippen LogP contribution in [0.1, 0.15) is 54.4 Å². The highest BCUT2D eigenvalue weighted by Gasteiger charge is 2.29. The van der Waals surface area contributed by atoms with E-state index >= 15 is 0 Å². The molecule has 48 heavy (non-hydrogen) atoms. The highest BCUT2D eigenvalue weighted by atomic mass is 32.1. The van der Waals surface area contributed by atoms with Gasteiger partial charge in [-0.2, -0.15) is 5.10 Å². The molecule has 1 aliphatic rings. The molecule has 2 N–H and O–H groups in total. The first-order valence-corrected chi connectivity index (χ1v) is 16.6. The number of fused-ring (bicyclic) bond motifs is 1. The van der Waals surface area contributed by atoms with Crippen molar-refractivity contribution in [2.45, 2.75) is 58.7 Å². The van der Waals surface area contributed by atoms with Crippen molar-refractivity contribution in [3.8, 4) is 17.2 Å². The summed E-state index contributed by atoms with van der Waals surface area (Å²) in [6, 6.07) is 16.5. The van der Waals surface area contributed by atoms with Gasteiger partial charge in [-0.3, -0.25) is 10.1 Å². The van der Waals surface area contributed by atoms with Crippen LogP contribution in [0.5, 0.6) is 17.2 Å². The molecule has 1 fully saturated rings. The number of likely N-dealkylation sites (tertiary alicyclic amines) is 1. The Morgan fingerprint density at radius 2 is 1.77 bits per heavy atom. The van der Waals surface area contributed by atoms with Crippen molar-refractivity contribution in [1.82, 2.24) is 24.6 Å². The summed E-state index contributed by atoms with van der Waals surface area (Å²) in [6.07, 6.45) is 4.77. The van der Waals surface area contributed by atoms with Gasteiger partial charge in [0, 0.05) is 48.0 Å². The van der Waals surface area contributed by atoms with Gasteiger partial charge in [0.1, 0.15) is 28.2 Å². The van der Waals surface area contributed by atoms with Gasteiger partial charge in [-0.25, -0.2) is 19.4 Å². The van der Waals surface area contributed by atoms with E-state index < -0.39 is 5.60 Å². The number of rotatable bonds is 9. The fourth-order valence-electron chi connectivity index (χ4n) is 5.43. The standard InChI is InChI=1S/C35H39N7O5S/c1-22-19-37-33(48-22)39-32(43)24-10-14-27(15-11-24)46-28-16-17-36-31-29(28)30(40-42(31)20-23-8-12-26(45-5)13-9-23)38-25-7-6-18-41(21-25)34(44)47-35(2,3)4/h8-17,19,25H,6-7,18,20-21H2,1-5H3,(H,38,40)(H,37,39,43)/t25-/m1/s1. The van der Waals surface area contributed by atoms with E-state index in [2.05, 4.69) is 15.6 Å². The number of nitrogens with zero attached hydrogens (tertiary/aromatic N) is 5. The average Bonchev–Trinajstić information content (AvgIpc) is 3.63. The van der Waals surface area contributed by atoms with Crippen molar-refractivity contribution >= 4 is 45.3 Å². The predicted octanol–water partition coefficient (Wildman–Crippen LogP) is 7.11. The van der Waals surface area contributed by atoms with Crippen molar-refractivity contribution < 1.29 is 23.8 Å². The molecule has 4 heterocycles. The molecular formula is C35H39N7O5S. The fourth-order valence-corrected chi connectivity index (χ4v) is 6.09. The number of methoxy groups -OCH3 is 1. The van der Waals surface area contributed by atoms with Crippen LogP contribution in [-0.2, 0) is 11.3 Å². The van der Waals surface area contributed by atoms with Gasteiger partial charge in [0.25, 0.3) is 5.91 Å². The monoisotopic (exact) mass is 669 g/mol. The summed E-state index contributed by atoms with van der Waals surface area (Å²) in [4.78, 5) is 37.3.